The minimum absolute atomic E-state index is 0.0737. The molecule has 0 spiro atoms. The van der Waals surface area contributed by atoms with Crippen LogP contribution in [0.25, 0.3) is 17.0 Å². The highest BCUT2D eigenvalue weighted by Gasteiger charge is 2.31. The zero-order valence-electron chi connectivity index (χ0n) is 14.6. The van der Waals surface area contributed by atoms with Crippen LogP contribution >= 0.6 is 15.9 Å². The lowest BCUT2D eigenvalue weighted by Crippen LogP contribution is -2.11. The van der Waals surface area contributed by atoms with Crippen molar-refractivity contribution in [2.45, 2.75) is 18.8 Å². The van der Waals surface area contributed by atoms with Gasteiger partial charge < -0.3 is 11.1 Å². The van der Waals surface area contributed by atoms with Gasteiger partial charge >= 0.3 is 0 Å². The predicted molar refractivity (Wildman–Crippen MR) is 108 cm³/mol. The van der Waals surface area contributed by atoms with Crippen LogP contribution in [0.1, 0.15) is 24.6 Å². The fraction of sp³-hybridized carbons (Fsp3) is 0.158. The largest absolute Gasteiger partial charge is 0.368 e. The van der Waals surface area contributed by atoms with Crippen LogP contribution in [0.4, 0.5) is 22.0 Å². The van der Waals surface area contributed by atoms with E-state index in [1.54, 1.807) is 16.7 Å². The minimum Gasteiger partial charge on any atom is -0.368 e. The molecule has 0 unspecified atom stereocenters. The molecule has 2 aromatic carbocycles. The number of benzene rings is 2. The Morgan fingerprint density at radius 3 is 2.57 bits per heavy atom. The van der Waals surface area contributed by atoms with Crippen molar-refractivity contribution in [3.63, 3.8) is 0 Å². The summed E-state index contributed by atoms with van der Waals surface area (Å²) in [4.78, 5) is 17.5. The summed E-state index contributed by atoms with van der Waals surface area (Å²) in [5.41, 5.74) is 7.67. The van der Waals surface area contributed by atoms with Crippen LogP contribution in [0.2, 0.25) is 0 Å². The van der Waals surface area contributed by atoms with Crippen molar-refractivity contribution >= 4 is 44.5 Å². The molecule has 1 saturated carbocycles. The van der Waals surface area contributed by atoms with Crippen LogP contribution in [0, 0.1) is 5.82 Å². The molecule has 7 nitrogen and oxygen atoms in total. The zero-order chi connectivity index (χ0) is 19.3. The first kappa shape index (κ1) is 17.1. The maximum atomic E-state index is 14.3. The van der Waals surface area contributed by atoms with Crippen molar-refractivity contribution in [2.75, 3.05) is 11.1 Å². The lowest BCUT2D eigenvalue weighted by molar-refractivity contribution is 0.637. The predicted octanol–water partition coefficient (Wildman–Crippen LogP) is 4.32. The Bertz CT molecular complexity index is 1190. The number of para-hydroxylation sites is 1. The number of halogens is 2. The molecule has 2 aromatic heterocycles. The Balaban J connectivity index is 1.63. The number of fused-ring (bicyclic) bond motifs is 1. The third kappa shape index (κ3) is 3.07. The Morgan fingerprint density at radius 1 is 1.04 bits per heavy atom. The van der Waals surface area contributed by atoms with E-state index in [9.17, 15) is 4.39 Å². The fourth-order valence-electron chi connectivity index (χ4n) is 3.11. The number of nitrogen functional groups attached to an aromatic ring is 1. The van der Waals surface area contributed by atoms with Crippen LogP contribution in [0.5, 0.6) is 0 Å². The number of nitrogens with two attached hydrogens (primary N) is 1. The van der Waals surface area contributed by atoms with Crippen LogP contribution in [-0.2, 0) is 0 Å². The van der Waals surface area contributed by atoms with E-state index in [2.05, 4.69) is 41.2 Å². The molecule has 28 heavy (non-hydrogen) atoms. The highest BCUT2D eigenvalue weighted by atomic mass is 79.9. The van der Waals surface area contributed by atoms with Gasteiger partial charge in [-0.3, -0.25) is 4.57 Å². The van der Waals surface area contributed by atoms with Gasteiger partial charge in [-0.15, -0.1) is 0 Å². The molecule has 1 fully saturated rings. The normalized spacial score (nSPS) is 13.8. The number of nitrogens with one attached hydrogen (secondary N) is 1. The van der Waals surface area contributed by atoms with Crippen LogP contribution in [-0.4, -0.2) is 24.5 Å². The second kappa shape index (κ2) is 6.52. The van der Waals surface area contributed by atoms with Crippen molar-refractivity contribution in [3.05, 3.63) is 58.6 Å². The Labute approximate surface area is 168 Å². The smallest absolute Gasteiger partial charge is 0.242 e. The third-order valence-electron chi connectivity index (χ3n) is 4.55. The molecule has 140 valence electrons. The molecule has 2 heterocycles. The molecule has 0 atom stereocenters. The van der Waals surface area contributed by atoms with Gasteiger partial charge in [0, 0.05) is 16.1 Å². The zero-order valence-corrected chi connectivity index (χ0v) is 16.2. The third-order valence-corrected chi connectivity index (χ3v) is 5.07. The molecule has 1 aliphatic rings. The first-order chi connectivity index (χ1) is 13.6. The van der Waals surface area contributed by atoms with E-state index >= 15 is 0 Å². The molecule has 0 saturated heterocycles. The van der Waals surface area contributed by atoms with Gasteiger partial charge in [0.1, 0.15) is 11.3 Å². The van der Waals surface area contributed by atoms with E-state index in [0.717, 1.165) is 28.8 Å². The first-order valence-electron chi connectivity index (χ1n) is 8.80. The Kier molecular flexibility index (Phi) is 3.97. The molecule has 9 heteroatoms. The van der Waals surface area contributed by atoms with Gasteiger partial charge in [0.2, 0.25) is 17.8 Å². The number of aromatic nitrogens is 5. The van der Waals surface area contributed by atoms with E-state index in [1.165, 1.54) is 6.07 Å². The van der Waals surface area contributed by atoms with E-state index < -0.39 is 0 Å². The van der Waals surface area contributed by atoms with Gasteiger partial charge in [-0.05, 0) is 49.2 Å². The lowest BCUT2D eigenvalue weighted by Gasteiger charge is -2.10. The summed E-state index contributed by atoms with van der Waals surface area (Å²) >= 11 is 3.41. The van der Waals surface area contributed by atoms with Crippen LogP contribution in [0.3, 0.4) is 0 Å². The fourth-order valence-corrected chi connectivity index (χ4v) is 3.37. The molecular formula is C19H15BrFN7. The number of rotatable bonds is 4. The maximum absolute atomic E-state index is 14.3. The van der Waals surface area contributed by atoms with Gasteiger partial charge in [-0.1, -0.05) is 22.0 Å². The van der Waals surface area contributed by atoms with Crippen LogP contribution < -0.4 is 11.1 Å². The topological polar surface area (TPSA) is 94.5 Å². The molecule has 0 radical (unpaired) electrons. The second-order valence-corrected chi connectivity index (χ2v) is 7.55. The van der Waals surface area contributed by atoms with E-state index in [0.29, 0.717) is 22.9 Å². The molecule has 4 aromatic rings. The van der Waals surface area contributed by atoms with Crippen LogP contribution in [0.15, 0.2) is 46.9 Å². The molecular weight excluding hydrogens is 425 g/mol. The highest BCUT2D eigenvalue weighted by Crippen LogP contribution is 2.41. The van der Waals surface area contributed by atoms with Gasteiger partial charge in [0.15, 0.2) is 5.82 Å². The summed E-state index contributed by atoms with van der Waals surface area (Å²) in [6, 6.07) is 12.5. The van der Waals surface area contributed by atoms with E-state index in [-0.39, 0.29) is 17.7 Å². The molecule has 0 amide bonds. The number of hydrogen-bond donors (Lipinski definition) is 2. The molecule has 3 N–H and O–H groups in total. The number of nitrogens with zero attached hydrogens (tertiary/aromatic N) is 5. The van der Waals surface area contributed by atoms with Gasteiger partial charge in [0.25, 0.3) is 0 Å². The highest BCUT2D eigenvalue weighted by molar-refractivity contribution is 9.10. The summed E-state index contributed by atoms with van der Waals surface area (Å²) < 4.78 is 17.0. The van der Waals surface area contributed by atoms with E-state index in [4.69, 9.17) is 5.73 Å². The van der Waals surface area contributed by atoms with Gasteiger partial charge in [0.05, 0.1) is 5.52 Å². The standard InChI is InChI=1S/C19H15BrFN7/c20-11-6-8-12(9-7-11)23-18-25-17(22)26-19(27-18)28-14-3-1-2-13(21)15(14)24-16(28)10-4-5-10/h1-3,6-10H,4-5H2,(H3,22,23,25,26,27). The summed E-state index contributed by atoms with van der Waals surface area (Å²) in [5.74, 6) is 1.36. The summed E-state index contributed by atoms with van der Waals surface area (Å²) in [6.45, 7) is 0. The number of anilines is 3. The summed E-state index contributed by atoms with van der Waals surface area (Å²) in [6.07, 6.45) is 2.02. The molecule has 1 aliphatic carbocycles. The summed E-state index contributed by atoms with van der Waals surface area (Å²) in [5, 5.41) is 3.13. The van der Waals surface area contributed by atoms with Crippen molar-refractivity contribution in [1.29, 1.82) is 0 Å². The Hall–Kier alpha value is -3.07. The number of hydrogen-bond acceptors (Lipinski definition) is 6. The molecule has 0 bridgehead atoms. The number of imidazole rings is 1. The first-order valence-corrected chi connectivity index (χ1v) is 9.59. The molecule has 0 aliphatic heterocycles. The van der Waals surface area contributed by atoms with Crippen molar-refractivity contribution < 1.29 is 4.39 Å². The second-order valence-electron chi connectivity index (χ2n) is 6.64. The van der Waals surface area contributed by atoms with Gasteiger partial charge in [-0.2, -0.15) is 15.0 Å². The Morgan fingerprint density at radius 2 is 1.82 bits per heavy atom. The maximum Gasteiger partial charge on any atom is 0.242 e. The lowest BCUT2D eigenvalue weighted by atomic mass is 10.3. The summed E-state index contributed by atoms with van der Waals surface area (Å²) in [7, 11) is 0. The van der Waals surface area contributed by atoms with Crippen molar-refractivity contribution in [2.24, 2.45) is 0 Å². The van der Waals surface area contributed by atoms with E-state index in [1.807, 2.05) is 24.3 Å². The quantitative estimate of drug-likeness (QED) is 0.491. The minimum atomic E-state index is -0.367. The SMILES string of the molecule is Nc1nc(Nc2ccc(Br)cc2)nc(-n2c(C3CC3)nc3c(F)cccc32)n1. The average Bonchev–Trinajstić information content (AvgIpc) is 3.43. The van der Waals surface area contributed by atoms with Crippen molar-refractivity contribution in [1.82, 2.24) is 24.5 Å². The monoisotopic (exact) mass is 439 g/mol. The molecule has 5 rings (SSSR count). The average molecular weight is 440 g/mol. The van der Waals surface area contributed by atoms with Gasteiger partial charge in [-0.25, -0.2) is 9.37 Å². The van der Waals surface area contributed by atoms with Crippen molar-refractivity contribution in [3.8, 4) is 5.95 Å².